The van der Waals surface area contributed by atoms with Gasteiger partial charge >= 0.3 is 0 Å². The Morgan fingerprint density at radius 1 is 1.20 bits per heavy atom. The van der Waals surface area contributed by atoms with E-state index < -0.39 is 0 Å². The molecule has 0 spiro atoms. The lowest BCUT2D eigenvalue weighted by molar-refractivity contribution is 0.0823. The van der Waals surface area contributed by atoms with E-state index in [0.29, 0.717) is 23.7 Å². The van der Waals surface area contributed by atoms with Crippen molar-refractivity contribution in [2.24, 2.45) is 29.4 Å². The predicted molar refractivity (Wildman–Crippen MR) is 85.3 cm³/mol. The van der Waals surface area contributed by atoms with Crippen molar-refractivity contribution in [3.63, 3.8) is 0 Å². The largest absolute Gasteiger partial charge is 0.315 e. The molecule has 0 aromatic rings. The fraction of sp³-hybridized carbons (Fsp3) is 0.882. The highest BCUT2D eigenvalue weighted by Gasteiger charge is 2.29. The molecule has 0 unspecified atom stereocenters. The van der Waals surface area contributed by atoms with Crippen molar-refractivity contribution in [3.8, 4) is 0 Å². The molecule has 0 aliphatic heterocycles. The van der Waals surface area contributed by atoms with Crippen LogP contribution in [-0.4, -0.2) is 11.4 Å². The molecule has 20 heavy (non-hydrogen) atoms. The van der Waals surface area contributed by atoms with Crippen LogP contribution in [0.4, 0.5) is 0 Å². The molecular formula is C17H34N2O. The molecule has 0 heterocycles. The van der Waals surface area contributed by atoms with Crippen LogP contribution < -0.4 is 11.2 Å². The standard InChI is InChI=1S/C17H34N2O/c1-6-12(4)13(5)16(11(2)3)14-7-9-15(10-8-14)17(18)19-20/h11-12,14-15,17,19-20H,6-10,18H2,1-5H3/b16-13+/t12-,14?,15?,17-/m0/s1. The van der Waals surface area contributed by atoms with E-state index in [1.54, 1.807) is 11.1 Å². The van der Waals surface area contributed by atoms with Gasteiger partial charge in [0.2, 0.25) is 0 Å². The van der Waals surface area contributed by atoms with Crippen LogP contribution in [-0.2, 0) is 0 Å². The molecule has 4 N–H and O–H groups in total. The summed E-state index contributed by atoms with van der Waals surface area (Å²) in [6.45, 7) is 11.6. The van der Waals surface area contributed by atoms with Crippen LogP contribution in [0.3, 0.4) is 0 Å². The van der Waals surface area contributed by atoms with Crippen LogP contribution >= 0.6 is 0 Å². The molecule has 3 nitrogen and oxygen atoms in total. The van der Waals surface area contributed by atoms with Crippen molar-refractivity contribution >= 4 is 0 Å². The number of hydroxylamine groups is 1. The third-order valence-electron chi connectivity index (χ3n) is 5.30. The second-order valence-corrected chi connectivity index (χ2v) is 6.87. The van der Waals surface area contributed by atoms with Crippen LogP contribution in [0.25, 0.3) is 0 Å². The third-order valence-corrected chi connectivity index (χ3v) is 5.30. The van der Waals surface area contributed by atoms with Gasteiger partial charge in [0.05, 0.1) is 6.17 Å². The summed E-state index contributed by atoms with van der Waals surface area (Å²) < 4.78 is 0. The number of allylic oxidation sites excluding steroid dienone is 2. The molecule has 0 amide bonds. The van der Waals surface area contributed by atoms with Gasteiger partial charge in [-0.2, -0.15) is 5.48 Å². The van der Waals surface area contributed by atoms with Crippen LogP contribution in [0.2, 0.25) is 0 Å². The number of nitrogens with two attached hydrogens (primary N) is 1. The second-order valence-electron chi connectivity index (χ2n) is 6.87. The molecule has 118 valence electrons. The summed E-state index contributed by atoms with van der Waals surface area (Å²) in [5.74, 6) is 2.45. The Morgan fingerprint density at radius 3 is 2.15 bits per heavy atom. The summed E-state index contributed by atoms with van der Waals surface area (Å²) >= 11 is 0. The van der Waals surface area contributed by atoms with Crippen LogP contribution in [0.5, 0.6) is 0 Å². The number of hydrogen-bond donors (Lipinski definition) is 3. The molecule has 0 radical (unpaired) electrons. The molecule has 0 saturated heterocycles. The van der Waals surface area contributed by atoms with Gasteiger partial charge in [-0.05, 0) is 62.7 Å². The maximum atomic E-state index is 8.96. The maximum absolute atomic E-state index is 8.96. The molecular weight excluding hydrogens is 248 g/mol. The Balaban J connectivity index is 2.77. The SMILES string of the molecule is CC[C@H](C)/C(C)=C(\C(C)C)C1CCC([C@@H](N)NO)CC1. The van der Waals surface area contributed by atoms with Crippen molar-refractivity contribution in [3.05, 3.63) is 11.1 Å². The Morgan fingerprint density at radius 2 is 1.75 bits per heavy atom. The minimum absolute atomic E-state index is 0.266. The van der Waals surface area contributed by atoms with Gasteiger partial charge in [-0.15, -0.1) is 0 Å². The smallest absolute Gasteiger partial charge is 0.0813 e. The molecule has 3 heteroatoms. The lowest BCUT2D eigenvalue weighted by Gasteiger charge is -2.35. The first-order chi connectivity index (χ1) is 9.42. The first-order valence-corrected chi connectivity index (χ1v) is 8.28. The topological polar surface area (TPSA) is 58.3 Å². The Hall–Kier alpha value is -0.380. The maximum Gasteiger partial charge on any atom is 0.0813 e. The van der Waals surface area contributed by atoms with E-state index in [9.17, 15) is 0 Å². The highest BCUT2D eigenvalue weighted by Crippen LogP contribution is 2.39. The Bertz CT molecular complexity index is 317. The van der Waals surface area contributed by atoms with Crippen LogP contribution in [0, 0.1) is 23.7 Å². The van der Waals surface area contributed by atoms with Gasteiger partial charge in [-0.3, -0.25) is 0 Å². The minimum atomic E-state index is -0.266. The number of rotatable bonds is 6. The summed E-state index contributed by atoms with van der Waals surface area (Å²) in [6, 6.07) is 0. The Kier molecular flexibility index (Phi) is 7.21. The zero-order valence-corrected chi connectivity index (χ0v) is 13.9. The molecule has 0 aromatic carbocycles. The van der Waals surface area contributed by atoms with E-state index in [-0.39, 0.29) is 6.17 Å². The molecule has 1 aliphatic rings. The first-order valence-electron chi connectivity index (χ1n) is 8.28. The van der Waals surface area contributed by atoms with Crippen molar-refractivity contribution < 1.29 is 5.21 Å². The summed E-state index contributed by atoms with van der Waals surface area (Å²) in [4.78, 5) is 0. The summed E-state index contributed by atoms with van der Waals surface area (Å²) in [6.07, 6.45) is 5.60. The lowest BCUT2D eigenvalue weighted by Crippen LogP contribution is -2.43. The number of hydrogen-bond acceptors (Lipinski definition) is 3. The number of nitrogens with one attached hydrogen (secondary N) is 1. The quantitative estimate of drug-likeness (QED) is 0.391. The monoisotopic (exact) mass is 282 g/mol. The van der Waals surface area contributed by atoms with Crippen LogP contribution in [0.15, 0.2) is 11.1 Å². The lowest BCUT2D eigenvalue weighted by atomic mass is 9.72. The van der Waals surface area contributed by atoms with Gasteiger partial charge in [0, 0.05) is 0 Å². The fourth-order valence-electron chi connectivity index (χ4n) is 3.73. The van der Waals surface area contributed by atoms with Gasteiger partial charge < -0.3 is 10.9 Å². The van der Waals surface area contributed by atoms with Crippen molar-refractivity contribution in [1.82, 2.24) is 5.48 Å². The zero-order chi connectivity index (χ0) is 15.3. The summed E-state index contributed by atoms with van der Waals surface area (Å²) in [7, 11) is 0. The molecule has 0 bridgehead atoms. The van der Waals surface area contributed by atoms with Gasteiger partial charge in [-0.25, -0.2) is 0 Å². The third kappa shape index (κ3) is 4.31. The van der Waals surface area contributed by atoms with E-state index in [4.69, 9.17) is 10.9 Å². The van der Waals surface area contributed by atoms with E-state index in [2.05, 4.69) is 40.1 Å². The minimum Gasteiger partial charge on any atom is -0.315 e. The normalized spacial score (nSPS) is 28.2. The highest BCUT2D eigenvalue weighted by atomic mass is 16.5. The van der Waals surface area contributed by atoms with E-state index in [1.165, 1.54) is 19.3 Å². The molecule has 1 saturated carbocycles. The van der Waals surface area contributed by atoms with Gasteiger partial charge in [-0.1, -0.05) is 38.8 Å². The summed E-state index contributed by atoms with van der Waals surface area (Å²) in [5, 5.41) is 8.96. The average molecular weight is 282 g/mol. The van der Waals surface area contributed by atoms with Crippen LogP contribution in [0.1, 0.15) is 66.7 Å². The highest BCUT2D eigenvalue weighted by molar-refractivity contribution is 5.20. The van der Waals surface area contributed by atoms with E-state index in [1.807, 2.05) is 0 Å². The van der Waals surface area contributed by atoms with Gasteiger partial charge in [0.1, 0.15) is 0 Å². The van der Waals surface area contributed by atoms with E-state index in [0.717, 1.165) is 12.8 Å². The van der Waals surface area contributed by atoms with Crippen molar-refractivity contribution in [1.29, 1.82) is 0 Å². The Labute approximate surface area is 125 Å². The molecule has 2 atom stereocenters. The fourth-order valence-corrected chi connectivity index (χ4v) is 3.73. The molecule has 1 rings (SSSR count). The predicted octanol–water partition coefficient (Wildman–Crippen LogP) is 4.08. The first kappa shape index (κ1) is 17.7. The van der Waals surface area contributed by atoms with Gasteiger partial charge in [0.15, 0.2) is 0 Å². The molecule has 1 fully saturated rings. The van der Waals surface area contributed by atoms with E-state index >= 15 is 0 Å². The summed E-state index contributed by atoms with van der Waals surface area (Å²) in [5.41, 5.74) is 11.4. The molecule has 0 aromatic heterocycles. The van der Waals surface area contributed by atoms with Crippen molar-refractivity contribution in [2.45, 2.75) is 72.9 Å². The van der Waals surface area contributed by atoms with Gasteiger partial charge in [0.25, 0.3) is 0 Å². The second kappa shape index (κ2) is 8.16. The zero-order valence-electron chi connectivity index (χ0n) is 13.9. The average Bonchev–Trinajstić information content (AvgIpc) is 2.45. The van der Waals surface area contributed by atoms with Crippen molar-refractivity contribution in [2.75, 3.05) is 0 Å². The molecule has 1 aliphatic carbocycles.